The summed E-state index contributed by atoms with van der Waals surface area (Å²) in [5, 5.41) is 2.57. The van der Waals surface area contributed by atoms with Gasteiger partial charge in [-0.2, -0.15) is 0 Å². The highest BCUT2D eigenvalue weighted by atomic mass is 79.9. The molecule has 0 spiro atoms. The first-order chi connectivity index (χ1) is 8.97. The minimum absolute atomic E-state index is 0.273. The molecule has 0 fully saturated rings. The van der Waals surface area contributed by atoms with Gasteiger partial charge in [-0.1, -0.05) is 0 Å². The van der Waals surface area contributed by atoms with Crippen LogP contribution in [0.1, 0.15) is 10.4 Å². The Balaban J connectivity index is 2.23. The maximum absolute atomic E-state index is 13.3. The Morgan fingerprint density at radius 1 is 1.16 bits per heavy atom. The molecule has 0 aliphatic heterocycles. The Morgan fingerprint density at radius 3 is 2.53 bits per heavy atom. The fraction of sp³-hybridized carbons (Fsp3) is 0. The number of nitrogen functional groups attached to an aromatic ring is 2. The summed E-state index contributed by atoms with van der Waals surface area (Å²) < 4.78 is 13.7. The summed E-state index contributed by atoms with van der Waals surface area (Å²) in [7, 11) is 0. The molecule has 5 N–H and O–H groups in total. The zero-order valence-corrected chi connectivity index (χ0v) is 11.4. The minimum atomic E-state index is -0.455. The number of hydrogen-bond acceptors (Lipinski definition) is 3. The summed E-state index contributed by atoms with van der Waals surface area (Å²) in [4.78, 5) is 12.0. The van der Waals surface area contributed by atoms with Crippen LogP contribution in [0.15, 0.2) is 40.9 Å². The first-order valence-corrected chi connectivity index (χ1v) is 6.18. The van der Waals surface area contributed by atoms with Crippen LogP contribution in [-0.2, 0) is 0 Å². The van der Waals surface area contributed by atoms with Gasteiger partial charge in [-0.15, -0.1) is 0 Å². The number of nitrogens with one attached hydrogen (secondary N) is 1. The topological polar surface area (TPSA) is 81.1 Å². The highest BCUT2D eigenvalue weighted by Gasteiger charge is 2.11. The highest BCUT2D eigenvalue weighted by Crippen LogP contribution is 2.21. The summed E-state index contributed by atoms with van der Waals surface area (Å²) in [6, 6.07) is 8.91. The molecular weight excluding hydrogens is 313 g/mol. The normalized spacial score (nSPS) is 10.2. The van der Waals surface area contributed by atoms with Gasteiger partial charge in [0, 0.05) is 17.1 Å². The molecule has 2 aromatic rings. The molecule has 0 aliphatic rings. The van der Waals surface area contributed by atoms with E-state index in [2.05, 4.69) is 21.2 Å². The van der Waals surface area contributed by atoms with E-state index in [1.54, 1.807) is 12.1 Å². The van der Waals surface area contributed by atoms with Gasteiger partial charge in [-0.3, -0.25) is 4.79 Å². The van der Waals surface area contributed by atoms with E-state index in [9.17, 15) is 9.18 Å². The molecule has 0 atom stereocenters. The number of amides is 1. The van der Waals surface area contributed by atoms with Crippen molar-refractivity contribution in [3.8, 4) is 0 Å². The smallest absolute Gasteiger partial charge is 0.257 e. The molecule has 2 aromatic carbocycles. The Kier molecular flexibility index (Phi) is 3.71. The lowest BCUT2D eigenvalue weighted by molar-refractivity contribution is 0.102. The van der Waals surface area contributed by atoms with Crippen LogP contribution in [0, 0.1) is 5.82 Å². The number of carbonyl (C=O) groups is 1. The van der Waals surface area contributed by atoms with Gasteiger partial charge in [0.2, 0.25) is 0 Å². The first kappa shape index (κ1) is 13.4. The second-order valence-corrected chi connectivity index (χ2v) is 4.78. The summed E-state index contributed by atoms with van der Waals surface area (Å²) >= 11 is 3.04. The third-order valence-corrected chi connectivity index (χ3v) is 3.14. The third kappa shape index (κ3) is 3.03. The van der Waals surface area contributed by atoms with Crippen molar-refractivity contribution in [1.82, 2.24) is 0 Å². The van der Waals surface area contributed by atoms with Crippen molar-refractivity contribution in [3.63, 3.8) is 0 Å². The molecule has 0 heterocycles. The molecule has 98 valence electrons. The highest BCUT2D eigenvalue weighted by molar-refractivity contribution is 9.10. The third-order valence-electron chi connectivity index (χ3n) is 2.50. The lowest BCUT2D eigenvalue weighted by atomic mass is 10.1. The van der Waals surface area contributed by atoms with Crippen LogP contribution in [-0.4, -0.2) is 5.91 Å². The molecule has 0 saturated carbocycles. The largest absolute Gasteiger partial charge is 0.399 e. The monoisotopic (exact) mass is 323 g/mol. The Morgan fingerprint density at radius 2 is 1.89 bits per heavy atom. The van der Waals surface area contributed by atoms with E-state index in [1.807, 2.05) is 0 Å². The molecule has 1 amide bonds. The Hall–Kier alpha value is -2.08. The van der Waals surface area contributed by atoms with Gasteiger partial charge in [0.25, 0.3) is 5.91 Å². The number of anilines is 3. The average Bonchev–Trinajstić information content (AvgIpc) is 2.33. The molecule has 0 saturated heterocycles. The van der Waals surface area contributed by atoms with E-state index in [0.717, 1.165) is 0 Å². The summed E-state index contributed by atoms with van der Waals surface area (Å²) in [5.74, 6) is -0.873. The minimum Gasteiger partial charge on any atom is -0.399 e. The van der Waals surface area contributed by atoms with Gasteiger partial charge >= 0.3 is 0 Å². The SMILES string of the molecule is Nc1ccc(C(=O)Nc2ccc(Br)c(F)c2)c(N)c1. The number of hydrogen-bond donors (Lipinski definition) is 3. The number of halogens is 2. The molecular formula is C13H11BrFN3O. The van der Waals surface area contributed by atoms with Crippen molar-refractivity contribution in [2.45, 2.75) is 0 Å². The molecule has 0 radical (unpaired) electrons. The summed E-state index contributed by atoms with van der Waals surface area (Å²) in [6.07, 6.45) is 0. The van der Waals surface area contributed by atoms with Crippen molar-refractivity contribution in [2.75, 3.05) is 16.8 Å². The molecule has 6 heteroatoms. The lowest BCUT2D eigenvalue weighted by Gasteiger charge is -2.08. The fourth-order valence-electron chi connectivity index (χ4n) is 1.56. The van der Waals surface area contributed by atoms with E-state index < -0.39 is 11.7 Å². The predicted octanol–water partition coefficient (Wildman–Crippen LogP) is 3.00. The number of benzene rings is 2. The molecule has 4 nitrogen and oxygen atoms in total. The first-order valence-electron chi connectivity index (χ1n) is 5.39. The second kappa shape index (κ2) is 5.27. The molecule has 0 aromatic heterocycles. The van der Waals surface area contributed by atoms with Crippen molar-refractivity contribution in [1.29, 1.82) is 0 Å². The van der Waals surface area contributed by atoms with Gasteiger partial charge in [0.15, 0.2) is 0 Å². The van der Waals surface area contributed by atoms with E-state index in [-0.39, 0.29) is 11.3 Å². The summed E-state index contributed by atoms with van der Waals surface area (Å²) in [5.41, 5.74) is 12.6. The van der Waals surface area contributed by atoms with Crippen LogP contribution >= 0.6 is 15.9 Å². The van der Waals surface area contributed by atoms with Crippen LogP contribution < -0.4 is 16.8 Å². The maximum Gasteiger partial charge on any atom is 0.257 e. The van der Waals surface area contributed by atoms with Crippen molar-refractivity contribution < 1.29 is 9.18 Å². The Labute approximate surface area is 117 Å². The van der Waals surface area contributed by atoms with Gasteiger partial charge < -0.3 is 16.8 Å². The lowest BCUT2D eigenvalue weighted by Crippen LogP contribution is -2.14. The zero-order chi connectivity index (χ0) is 14.0. The van der Waals surface area contributed by atoms with E-state index in [4.69, 9.17) is 11.5 Å². The van der Waals surface area contributed by atoms with Gasteiger partial charge in [-0.25, -0.2) is 4.39 Å². The molecule has 2 rings (SSSR count). The molecule has 19 heavy (non-hydrogen) atoms. The van der Waals surface area contributed by atoms with Crippen LogP contribution in [0.25, 0.3) is 0 Å². The molecule has 0 unspecified atom stereocenters. The van der Waals surface area contributed by atoms with Crippen molar-refractivity contribution in [2.24, 2.45) is 0 Å². The van der Waals surface area contributed by atoms with Gasteiger partial charge in [-0.05, 0) is 52.3 Å². The van der Waals surface area contributed by atoms with Crippen LogP contribution in [0.4, 0.5) is 21.5 Å². The van der Waals surface area contributed by atoms with E-state index in [0.29, 0.717) is 15.8 Å². The van der Waals surface area contributed by atoms with Gasteiger partial charge in [0.1, 0.15) is 5.82 Å². The predicted molar refractivity (Wildman–Crippen MR) is 77.3 cm³/mol. The fourth-order valence-corrected chi connectivity index (χ4v) is 1.81. The summed E-state index contributed by atoms with van der Waals surface area (Å²) in [6.45, 7) is 0. The quantitative estimate of drug-likeness (QED) is 0.743. The van der Waals surface area contributed by atoms with Crippen LogP contribution in [0.5, 0.6) is 0 Å². The zero-order valence-electron chi connectivity index (χ0n) is 9.78. The van der Waals surface area contributed by atoms with Gasteiger partial charge in [0.05, 0.1) is 10.0 Å². The van der Waals surface area contributed by atoms with Crippen LogP contribution in [0.2, 0.25) is 0 Å². The number of rotatable bonds is 2. The van der Waals surface area contributed by atoms with E-state index >= 15 is 0 Å². The standard InChI is InChI=1S/C13H11BrFN3O/c14-10-4-2-8(6-11(10)15)18-13(19)9-3-1-7(16)5-12(9)17/h1-6H,16-17H2,(H,18,19). The number of carbonyl (C=O) groups excluding carboxylic acids is 1. The maximum atomic E-state index is 13.3. The van der Waals surface area contributed by atoms with E-state index in [1.165, 1.54) is 24.3 Å². The van der Waals surface area contributed by atoms with Crippen molar-refractivity contribution in [3.05, 3.63) is 52.3 Å². The molecule has 0 aliphatic carbocycles. The average molecular weight is 324 g/mol. The second-order valence-electron chi connectivity index (χ2n) is 3.93. The molecule has 0 bridgehead atoms. The van der Waals surface area contributed by atoms with Crippen molar-refractivity contribution >= 4 is 38.9 Å². The Bertz CT molecular complexity index is 646. The van der Waals surface area contributed by atoms with Crippen LogP contribution in [0.3, 0.4) is 0 Å². The number of nitrogens with two attached hydrogens (primary N) is 2.